The van der Waals surface area contributed by atoms with Crippen LogP contribution in [0.3, 0.4) is 0 Å². The molecular weight excluding hydrogens is 282 g/mol. The molecule has 1 aliphatic carbocycles. The van der Waals surface area contributed by atoms with Crippen molar-refractivity contribution in [1.29, 1.82) is 0 Å². The van der Waals surface area contributed by atoms with Crippen LogP contribution in [0.25, 0.3) is 0 Å². The first-order valence-corrected chi connectivity index (χ1v) is 8.61. The first kappa shape index (κ1) is 15.2. The number of rotatable bonds is 3. The monoisotopic (exact) mass is 307 g/mol. The number of halogens is 1. The van der Waals surface area contributed by atoms with Crippen LogP contribution in [-0.4, -0.2) is 31.6 Å². The lowest BCUT2D eigenvalue weighted by Gasteiger charge is -2.35. The van der Waals surface area contributed by atoms with Crippen LogP contribution in [0.5, 0.6) is 5.75 Å². The van der Waals surface area contributed by atoms with Crippen molar-refractivity contribution in [2.24, 2.45) is 11.8 Å². The number of piperidine rings is 1. The summed E-state index contributed by atoms with van der Waals surface area (Å²) in [6, 6.07) is 4.00. The second kappa shape index (κ2) is 6.58. The van der Waals surface area contributed by atoms with Crippen molar-refractivity contribution in [2.75, 3.05) is 26.7 Å². The van der Waals surface area contributed by atoms with E-state index in [4.69, 9.17) is 16.3 Å². The van der Waals surface area contributed by atoms with E-state index in [1.165, 1.54) is 50.0 Å². The lowest BCUT2D eigenvalue weighted by Crippen LogP contribution is -2.38. The molecule has 0 spiro atoms. The van der Waals surface area contributed by atoms with Crippen LogP contribution in [-0.2, 0) is 12.8 Å². The van der Waals surface area contributed by atoms with E-state index in [1.54, 1.807) is 7.11 Å². The molecule has 0 bridgehead atoms. The van der Waals surface area contributed by atoms with E-state index in [2.05, 4.69) is 11.8 Å². The average molecular weight is 308 g/mol. The average Bonchev–Trinajstić information content (AvgIpc) is 2.50. The Balaban J connectivity index is 1.67. The van der Waals surface area contributed by atoms with Gasteiger partial charge in [-0.15, -0.1) is 0 Å². The van der Waals surface area contributed by atoms with Crippen molar-refractivity contribution in [1.82, 2.24) is 4.90 Å². The van der Waals surface area contributed by atoms with E-state index in [0.717, 1.165) is 35.4 Å². The molecule has 1 saturated heterocycles. The van der Waals surface area contributed by atoms with Crippen LogP contribution < -0.4 is 4.74 Å². The van der Waals surface area contributed by atoms with Crippen LogP contribution in [0, 0.1) is 11.8 Å². The number of hydrogen-bond acceptors (Lipinski definition) is 2. The highest BCUT2D eigenvalue weighted by molar-refractivity contribution is 6.31. The van der Waals surface area contributed by atoms with Gasteiger partial charge in [-0.1, -0.05) is 18.5 Å². The minimum absolute atomic E-state index is 0.746. The number of likely N-dealkylation sites (tertiary alicyclic amines) is 1. The van der Waals surface area contributed by atoms with Gasteiger partial charge < -0.3 is 9.64 Å². The van der Waals surface area contributed by atoms with Gasteiger partial charge in [-0.2, -0.15) is 0 Å². The molecule has 0 amide bonds. The Labute approximate surface area is 133 Å². The molecule has 0 saturated carbocycles. The summed E-state index contributed by atoms with van der Waals surface area (Å²) in [5.41, 5.74) is 2.67. The summed E-state index contributed by atoms with van der Waals surface area (Å²) >= 11 is 6.43. The van der Waals surface area contributed by atoms with Crippen molar-refractivity contribution >= 4 is 11.6 Å². The molecule has 1 heterocycles. The van der Waals surface area contributed by atoms with Gasteiger partial charge in [0, 0.05) is 11.6 Å². The third kappa shape index (κ3) is 3.37. The van der Waals surface area contributed by atoms with Gasteiger partial charge in [-0.05, 0) is 80.3 Å². The second-order valence-electron chi connectivity index (χ2n) is 6.80. The second-order valence-corrected chi connectivity index (χ2v) is 7.21. The van der Waals surface area contributed by atoms with E-state index in [-0.39, 0.29) is 0 Å². The number of benzene rings is 1. The molecule has 1 atom stereocenters. The molecule has 1 aliphatic heterocycles. The molecule has 116 valence electrons. The van der Waals surface area contributed by atoms with Crippen molar-refractivity contribution in [3.05, 3.63) is 28.3 Å². The van der Waals surface area contributed by atoms with Crippen molar-refractivity contribution < 1.29 is 4.74 Å². The fourth-order valence-corrected chi connectivity index (χ4v) is 4.09. The van der Waals surface area contributed by atoms with Gasteiger partial charge in [0.25, 0.3) is 0 Å². The Morgan fingerprint density at radius 2 is 1.95 bits per heavy atom. The zero-order valence-corrected chi connectivity index (χ0v) is 14.0. The Bertz CT molecular complexity index is 494. The molecule has 21 heavy (non-hydrogen) atoms. The molecule has 3 rings (SSSR count). The lowest BCUT2D eigenvalue weighted by atomic mass is 9.82. The summed E-state index contributed by atoms with van der Waals surface area (Å²) in [4.78, 5) is 2.66. The molecule has 0 radical (unpaired) electrons. The summed E-state index contributed by atoms with van der Waals surface area (Å²) < 4.78 is 5.50. The van der Waals surface area contributed by atoms with E-state index in [0.29, 0.717) is 0 Å². The molecular formula is C18H26ClNO. The van der Waals surface area contributed by atoms with Gasteiger partial charge in [0.15, 0.2) is 0 Å². The Kier molecular flexibility index (Phi) is 4.75. The van der Waals surface area contributed by atoms with Crippen LogP contribution >= 0.6 is 11.6 Å². The van der Waals surface area contributed by atoms with Crippen molar-refractivity contribution in [2.45, 2.75) is 39.0 Å². The largest absolute Gasteiger partial charge is 0.496 e. The van der Waals surface area contributed by atoms with Gasteiger partial charge in [0.2, 0.25) is 0 Å². The molecule has 1 unspecified atom stereocenters. The van der Waals surface area contributed by atoms with Gasteiger partial charge in [-0.25, -0.2) is 0 Å². The van der Waals surface area contributed by atoms with E-state index < -0.39 is 0 Å². The summed E-state index contributed by atoms with van der Waals surface area (Å²) in [7, 11) is 1.75. The molecule has 0 aromatic heterocycles. The standard InChI is InChI=1S/C18H26ClNO/c1-13-7-9-20(10-8-13)12-14-3-4-15-16(11-14)17(19)5-6-18(15)21-2/h5-6,13-14H,3-4,7-12H2,1-2H3. The lowest BCUT2D eigenvalue weighted by molar-refractivity contribution is 0.161. The summed E-state index contributed by atoms with van der Waals surface area (Å²) in [5, 5.41) is 0.919. The quantitative estimate of drug-likeness (QED) is 0.830. The Morgan fingerprint density at radius 1 is 1.19 bits per heavy atom. The molecule has 1 fully saturated rings. The zero-order chi connectivity index (χ0) is 14.8. The molecule has 2 aliphatic rings. The van der Waals surface area contributed by atoms with Gasteiger partial charge in [0.1, 0.15) is 5.75 Å². The highest BCUT2D eigenvalue weighted by Gasteiger charge is 2.26. The fourth-order valence-electron chi connectivity index (χ4n) is 3.83. The minimum Gasteiger partial charge on any atom is -0.496 e. The topological polar surface area (TPSA) is 12.5 Å². The highest BCUT2D eigenvalue weighted by atomic mass is 35.5. The molecule has 1 aromatic rings. The SMILES string of the molecule is COc1ccc(Cl)c2c1CCC(CN1CCC(C)CC1)C2. The van der Waals surface area contributed by atoms with E-state index in [9.17, 15) is 0 Å². The number of ether oxygens (including phenoxy) is 1. The summed E-state index contributed by atoms with van der Waals surface area (Å²) in [6.45, 7) is 6.16. The van der Waals surface area contributed by atoms with Crippen LogP contribution in [0.15, 0.2) is 12.1 Å². The number of fused-ring (bicyclic) bond motifs is 1. The molecule has 1 aromatic carbocycles. The normalized spacial score (nSPS) is 23.9. The zero-order valence-electron chi connectivity index (χ0n) is 13.2. The molecule has 2 nitrogen and oxygen atoms in total. The number of hydrogen-bond donors (Lipinski definition) is 0. The Hall–Kier alpha value is -0.730. The van der Waals surface area contributed by atoms with Gasteiger partial charge in [-0.3, -0.25) is 0 Å². The van der Waals surface area contributed by atoms with Crippen LogP contribution in [0.1, 0.15) is 37.3 Å². The highest BCUT2D eigenvalue weighted by Crippen LogP contribution is 2.37. The number of nitrogens with zero attached hydrogens (tertiary/aromatic N) is 1. The van der Waals surface area contributed by atoms with Gasteiger partial charge in [0.05, 0.1) is 7.11 Å². The molecule has 0 N–H and O–H groups in total. The maximum Gasteiger partial charge on any atom is 0.122 e. The smallest absolute Gasteiger partial charge is 0.122 e. The summed E-state index contributed by atoms with van der Waals surface area (Å²) in [6.07, 6.45) is 6.19. The first-order chi connectivity index (χ1) is 10.2. The predicted molar refractivity (Wildman–Crippen MR) is 88.4 cm³/mol. The van der Waals surface area contributed by atoms with Crippen molar-refractivity contribution in [3.8, 4) is 5.75 Å². The van der Waals surface area contributed by atoms with E-state index >= 15 is 0 Å². The maximum absolute atomic E-state index is 6.43. The first-order valence-electron chi connectivity index (χ1n) is 8.24. The number of methoxy groups -OCH3 is 1. The van der Waals surface area contributed by atoms with Crippen molar-refractivity contribution in [3.63, 3.8) is 0 Å². The third-order valence-electron chi connectivity index (χ3n) is 5.24. The maximum atomic E-state index is 6.43. The van der Waals surface area contributed by atoms with Gasteiger partial charge >= 0.3 is 0 Å². The predicted octanol–water partition coefficient (Wildman–Crippen LogP) is 4.19. The van der Waals surface area contributed by atoms with Crippen LogP contribution in [0.4, 0.5) is 0 Å². The Morgan fingerprint density at radius 3 is 2.67 bits per heavy atom. The minimum atomic E-state index is 0.746. The summed E-state index contributed by atoms with van der Waals surface area (Å²) in [5.74, 6) is 2.67. The fraction of sp³-hybridized carbons (Fsp3) is 0.667. The van der Waals surface area contributed by atoms with E-state index in [1.807, 2.05) is 12.1 Å². The molecule has 3 heteroatoms. The van der Waals surface area contributed by atoms with Crippen LogP contribution in [0.2, 0.25) is 5.02 Å². The third-order valence-corrected chi connectivity index (χ3v) is 5.59.